The van der Waals surface area contributed by atoms with Crippen molar-refractivity contribution in [2.24, 2.45) is 4.99 Å². The van der Waals surface area contributed by atoms with Gasteiger partial charge in [0.2, 0.25) is 6.08 Å². The Balaban J connectivity index is 2.73. The molecule has 0 radical (unpaired) electrons. The van der Waals surface area contributed by atoms with Crippen molar-refractivity contribution in [1.82, 2.24) is 9.38 Å². The van der Waals surface area contributed by atoms with E-state index in [0.29, 0.717) is 11.6 Å². The predicted octanol–water partition coefficient (Wildman–Crippen LogP) is 2.42. The van der Waals surface area contributed by atoms with E-state index in [2.05, 4.69) is 23.8 Å². The monoisotopic (exact) mass is 201 g/mol. The molecule has 15 heavy (non-hydrogen) atoms. The Morgan fingerprint density at radius 2 is 2.33 bits per heavy atom. The van der Waals surface area contributed by atoms with Crippen LogP contribution in [0.5, 0.6) is 0 Å². The van der Waals surface area contributed by atoms with Gasteiger partial charge in [-0.2, -0.15) is 4.99 Å². The van der Waals surface area contributed by atoms with Crippen LogP contribution in [0.4, 0.5) is 5.69 Å². The molecule has 4 heteroatoms. The van der Waals surface area contributed by atoms with Crippen LogP contribution < -0.4 is 0 Å². The molecular formula is C11H11N3O. The van der Waals surface area contributed by atoms with E-state index >= 15 is 0 Å². The normalized spacial score (nSPS) is 10.6. The van der Waals surface area contributed by atoms with Crippen LogP contribution in [0.2, 0.25) is 0 Å². The highest BCUT2D eigenvalue weighted by molar-refractivity contribution is 5.70. The summed E-state index contributed by atoms with van der Waals surface area (Å²) >= 11 is 0. The molecule has 2 heterocycles. The molecule has 0 saturated heterocycles. The van der Waals surface area contributed by atoms with Crippen molar-refractivity contribution in [3.63, 3.8) is 0 Å². The molecule has 0 unspecified atom stereocenters. The van der Waals surface area contributed by atoms with Crippen LogP contribution in [0.15, 0.2) is 29.5 Å². The van der Waals surface area contributed by atoms with Crippen LogP contribution in [0.3, 0.4) is 0 Å². The summed E-state index contributed by atoms with van der Waals surface area (Å²) in [5.41, 5.74) is 1.44. The maximum atomic E-state index is 10.2. The van der Waals surface area contributed by atoms with Gasteiger partial charge in [0.05, 0.1) is 11.7 Å². The molecule has 0 amide bonds. The molecule has 0 N–H and O–H groups in total. The van der Waals surface area contributed by atoms with Gasteiger partial charge in [-0.25, -0.2) is 9.78 Å². The molecular weight excluding hydrogens is 190 g/mol. The fraction of sp³-hybridized carbons (Fsp3) is 0.273. The third kappa shape index (κ3) is 1.55. The van der Waals surface area contributed by atoms with Crippen molar-refractivity contribution >= 4 is 17.3 Å². The van der Waals surface area contributed by atoms with Crippen LogP contribution in [0.25, 0.3) is 5.52 Å². The maximum absolute atomic E-state index is 10.2. The lowest BCUT2D eigenvalue weighted by atomic mass is 10.2. The highest BCUT2D eigenvalue weighted by Gasteiger charge is 2.09. The second kappa shape index (κ2) is 3.67. The third-order valence-electron chi connectivity index (χ3n) is 2.26. The number of fused-ring (bicyclic) bond motifs is 1. The van der Waals surface area contributed by atoms with Crippen LogP contribution in [0.1, 0.15) is 25.6 Å². The van der Waals surface area contributed by atoms with E-state index in [1.807, 2.05) is 16.7 Å². The zero-order valence-corrected chi connectivity index (χ0v) is 8.64. The topological polar surface area (TPSA) is 46.7 Å². The van der Waals surface area contributed by atoms with Crippen LogP contribution >= 0.6 is 0 Å². The van der Waals surface area contributed by atoms with Crippen molar-refractivity contribution in [3.8, 4) is 0 Å². The first kappa shape index (κ1) is 9.62. The second-order valence-corrected chi connectivity index (χ2v) is 3.62. The SMILES string of the molecule is CC(C)c1ncc2c(N=C=O)cccn12. The van der Waals surface area contributed by atoms with Crippen LogP contribution in [-0.4, -0.2) is 15.5 Å². The summed E-state index contributed by atoms with van der Waals surface area (Å²) in [6.45, 7) is 4.15. The van der Waals surface area contributed by atoms with E-state index in [4.69, 9.17) is 0 Å². The summed E-state index contributed by atoms with van der Waals surface area (Å²) in [6.07, 6.45) is 5.19. The lowest BCUT2D eigenvalue weighted by Crippen LogP contribution is -1.95. The smallest absolute Gasteiger partial charge is 0.240 e. The Bertz CT molecular complexity index is 536. The zero-order chi connectivity index (χ0) is 10.8. The molecule has 0 aliphatic heterocycles. The average Bonchev–Trinajstić information content (AvgIpc) is 2.62. The van der Waals surface area contributed by atoms with Gasteiger partial charge < -0.3 is 4.40 Å². The third-order valence-corrected chi connectivity index (χ3v) is 2.26. The van der Waals surface area contributed by atoms with Gasteiger partial charge in [-0.15, -0.1) is 0 Å². The molecule has 0 aromatic carbocycles. The van der Waals surface area contributed by atoms with Crippen molar-refractivity contribution < 1.29 is 4.79 Å². The highest BCUT2D eigenvalue weighted by Crippen LogP contribution is 2.23. The minimum Gasteiger partial charge on any atom is -0.301 e. The number of carbonyl (C=O) groups excluding carboxylic acids is 1. The quantitative estimate of drug-likeness (QED) is 0.553. The minimum atomic E-state index is 0.336. The largest absolute Gasteiger partial charge is 0.301 e. The number of rotatable bonds is 2. The molecule has 76 valence electrons. The molecule has 0 fully saturated rings. The van der Waals surface area contributed by atoms with Crippen molar-refractivity contribution in [2.75, 3.05) is 0 Å². The Labute approximate surface area is 87.3 Å². The molecule has 0 aliphatic carbocycles. The van der Waals surface area contributed by atoms with E-state index in [1.165, 1.54) is 0 Å². The van der Waals surface area contributed by atoms with Gasteiger partial charge >= 0.3 is 0 Å². The summed E-state index contributed by atoms with van der Waals surface area (Å²) in [7, 11) is 0. The van der Waals surface area contributed by atoms with Gasteiger partial charge in [0.1, 0.15) is 11.5 Å². The first-order chi connectivity index (χ1) is 7.24. The van der Waals surface area contributed by atoms with Crippen molar-refractivity contribution in [2.45, 2.75) is 19.8 Å². The fourth-order valence-corrected chi connectivity index (χ4v) is 1.60. The fourth-order valence-electron chi connectivity index (χ4n) is 1.60. The summed E-state index contributed by atoms with van der Waals surface area (Å²) < 4.78 is 1.95. The Morgan fingerprint density at radius 1 is 1.53 bits per heavy atom. The van der Waals surface area contributed by atoms with E-state index in [0.717, 1.165) is 11.3 Å². The molecule has 0 saturated carbocycles. The Hall–Kier alpha value is -1.93. The van der Waals surface area contributed by atoms with E-state index in [1.54, 1.807) is 18.3 Å². The van der Waals surface area contributed by atoms with Gasteiger partial charge in [0.25, 0.3) is 0 Å². The number of hydrogen-bond donors (Lipinski definition) is 0. The number of pyridine rings is 1. The first-order valence-electron chi connectivity index (χ1n) is 4.78. The summed E-state index contributed by atoms with van der Waals surface area (Å²) in [5, 5.41) is 0. The number of aromatic nitrogens is 2. The second-order valence-electron chi connectivity index (χ2n) is 3.62. The van der Waals surface area contributed by atoms with Gasteiger partial charge in [-0.05, 0) is 12.1 Å². The van der Waals surface area contributed by atoms with Gasteiger partial charge in [0, 0.05) is 12.1 Å². The molecule has 0 spiro atoms. The number of isocyanates is 1. The lowest BCUT2D eigenvalue weighted by molar-refractivity contribution is 0.565. The summed E-state index contributed by atoms with van der Waals surface area (Å²) in [6, 6.07) is 3.61. The first-order valence-corrected chi connectivity index (χ1v) is 4.78. The highest BCUT2D eigenvalue weighted by atomic mass is 16.1. The van der Waals surface area contributed by atoms with Crippen molar-refractivity contribution in [3.05, 3.63) is 30.4 Å². The number of imidazole rings is 1. The standard InChI is InChI=1S/C11H11N3O/c1-8(2)11-12-6-10-9(13-7-15)4-3-5-14(10)11/h3-6,8H,1-2H3. The van der Waals surface area contributed by atoms with E-state index in [-0.39, 0.29) is 0 Å². The van der Waals surface area contributed by atoms with Gasteiger partial charge in [-0.3, -0.25) is 0 Å². The van der Waals surface area contributed by atoms with Crippen LogP contribution in [-0.2, 0) is 4.79 Å². The Kier molecular flexibility index (Phi) is 2.35. The molecule has 2 aromatic rings. The molecule has 2 aromatic heterocycles. The van der Waals surface area contributed by atoms with Crippen LogP contribution in [0, 0.1) is 0 Å². The number of hydrogen-bond acceptors (Lipinski definition) is 3. The maximum Gasteiger partial charge on any atom is 0.240 e. The van der Waals surface area contributed by atoms with E-state index < -0.39 is 0 Å². The lowest BCUT2D eigenvalue weighted by Gasteiger charge is -2.04. The molecule has 2 rings (SSSR count). The van der Waals surface area contributed by atoms with Crippen molar-refractivity contribution in [1.29, 1.82) is 0 Å². The average molecular weight is 201 g/mol. The van der Waals surface area contributed by atoms with Gasteiger partial charge in [0.15, 0.2) is 0 Å². The Morgan fingerprint density at radius 3 is 3.00 bits per heavy atom. The molecule has 0 atom stereocenters. The molecule has 0 bridgehead atoms. The zero-order valence-electron chi connectivity index (χ0n) is 8.64. The van der Waals surface area contributed by atoms with E-state index in [9.17, 15) is 4.79 Å². The molecule has 4 nitrogen and oxygen atoms in total. The number of nitrogens with zero attached hydrogens (tertiary/aromatic N) is 3. The number of aliphatic imine (C=N–C) groups is 1. The van der Waals surface area contributed by atoms with Gasteiger partial charge in [-0.1, -0.05) is 13.8 Å². The summed E-state index contributed by atoms with van der Waals surface area (Å²) in [4.78, 5) is 18.2. The molecule has 0 aliphatic rings. The minimum absolute atomic E-state index is 0.336. The predicted molar refractivity (Wildman–Crippen MR) is 57.1 cm³/mol. The summed E-state index contributed by atoms with van der Waals surface area (Å²) in [5.74, 6) is 1.30.